The fourth-order valence-corrected chi connectivity index (χ4v) is 2.62. The molecule has 2 aromatic carbocycles. The first-order chi connectivity index (χ1) is 12.0. The number of fused-ring (bicyclic) bond motifs is 1. The van der Waals surface area contributed by atoms with Crippen LogP contribution in [0.2, 0.25) is 0 Å². The van der Waals surface area contributed by atoms with E-state index in [2.05, 4.69) is 4.98 Å². The van der Waals surface area contributed by atoms with Gasteiger partial charge in [-0.2, -0.15) is 5.26 Å². The van der Waals surface area contributed by atoms with Crippen molar-refractivity contribution in [2.24, 2.45) is 0 Å². The van der Waals surface area contributed by atoms with Gasteiger partial charge in [0, 0.05) is 17.1 Å². The second kappa shape index (κ2) is 6.62. The van der Waals surface area contributed by atoms with Gasteiger partial charge in [0.1, 0.15) is 0 Å². The van der Waals surface area contributed by atoms with Crippen LogP contribution in [0.4, 0.5) is 0 Å². The van der Waals surface area contributed by atoms with Crippen molar-refractivity contribution in [2.45, 2.75) is 13.8 Å². The molecule has 0 N–H and O–H groups in total. The number of esters is 1. The van der Waals surface area contributed by atoms with Gasteiger partial charge in [-0.1, -0.05) is 11.6 Å². The SMILES string of the molecule is COc1cc(C#N)ccc1OC(=O)c1cc(C)nc2ccc(C)cc12. The lowest BCUT2D eigenvalue weighted by Gasteiger charge is -2.11. The zero-order valence-corrected chi connectivity index (χ0v) is 14.2. The van der Waals surface area contributed by atoms with Crippen molar-refractivity contribution >= 4 is 16.9 Å². The molecule has 0 unspecified atom stereocenters. The summed E-state index contributed by atoms with van der Waals surface area (Å²) >= 11 is 0. The number of rotatable bonds is 3. The Bertz CT molecular complexity index is 1020. The van der Waals surface area contributed by atoms with Gasteiger partial charge >= 0.3 is 5.97 Å². The Morgan fingerprint density at radius 3 is 2.60 bits per heavy atom. The van der Waals surface area contributed by atoms with Crippen molar-refractivity contribution in [3.8, 4) is 17.6 Å². The summed E-state index contributed by atoms with van der Waals surface area (Å²) < 4.78 is 10.7. The maximum Gasteiger partial charge on any atom is 0.344 e. The molecule has 0 radical (unpaired) electrons. The summed E-state index contributed by atoms with van der Waals surface area (Å²) in [5, 5.41) is 9.70. The number of aromatic nitrogens is 1. The number of hydrogen-bond acceptors (Lipinski definition) is 5. The highest BCUT2D eigenvalue weighted by Gasteiger charge is 2.17. The van der Waals surface area contributed by atoms with Gasteiger partial charge in [-0.15, -0.1) is 0 Å². The topological polar surface area (TPSA) is 72.2 Å². The van der Waals surface area contributed by atoms with Crippen molar-refractivity contribution in [1.29, 1.82) is 5.26 Å². The Kier molecular flexibility index (Phi) is 4.36. The van der Waals surface area contributed by atoms with E-state index in [0.29, 0.717) is 16.9 Å². The largest absolute Gasteiger partial charge is 0.493 e. The first-order valence-corrected chi connectivity index (χ1v) is 7.70. The molecule has 3 rings (SSSR count). The third kappa shape index (κ3) is 3.29. The Morgan fingerprint density at radius 2 is 1.88 bits per heavy atom. The van der Waals surface area contributed by atoms with E-state index in [0.717, 1.165) is 22.2 Å². The lowest BCUT2D eigenvalue weighted by molar-refractivity contribution is 0.0731. The Labute approximate surface area is 145 Å². The molecule has 0 aliphatic rings. The summed E-state index contributed by atoms with van der Waals surface area (Å²) in [7, 11) is 1.46. The van der Waals surface area contributed by atoms with Crippen molar-refractivity contribution in [2.75, 3.05) is 7.11 Å². The molecule has 0 saturated carbocycles. The number of pyridine rings is 1. The van der Waals surface area contributed by atoms with Gasteiger partial charge in [0.15, 0.2) is 11.5 Å². The van der Waals surface area contributed by atoms with Gasteiger partial charge in [0.25, 0.3) is 0 Å². The van der Waals surface area contributed by atoms with E-state index >= 15 is 0 Å². The van der Waals surface area contributed by atoms with Gasteiger partial charge < -0.3 is 9.47 Å². The molecule has 25 heavy (non-hydrogen) atoms. The molecule has 0 aliphatic heterocycles. The first-order valence-electron chi connectivity index (χ1n) is 7.70. The summed E-state index contributed by atoms with van der Waals surface area (Å²) in [6.07, 6.45) is 0. The van der Waals surface area contributed by atoms with Crippen molar-refractivity contribution in [3.05, 3.63) is 64.8 Å². The minimum Gasteiger partial charge on any atom is -0.493 e. The van der Waals surface area contributed by atoms with E-state index in [9.17, 15) is 4.79 Å². The highest BCUT2D eigenvalue weighted by molar-refractivity contribution is 6.04. The molecule has 124 valence electrons. The quantitative estimate of drug-likeness (QED) is 0.536. The maximum absolute atomic E-state index is 12.7. The zero-order chi connectivity index (χ0) is 18.0. The number of benzene rings is 2. The maximum atomic E-state index is 12.7. The van der Waals surface area contributed by atoms with Crippen LogP contribution in [-0.2, 0) is 0 Å². The van der Waals surface area contributed by atoms with E-state index < -0.39 is 5.97 Å². The lowest BCUT2D eigenvalue weighted by Crippen LogP contribution is -2.11. The molecule has 0 aliphatic carbocycles. The Hall–Kier alpha value is -3.39. The molecule has 3 aromatic rings. The zero-order valence-electron chi connectivity index (χ0n) is 14.2. The fourth-order valence-electron chi connectivity index (χ4n) is 2.62. The fraction of sp³-hybridized carbons (Fsp3) is 0.150. The second-order valence-electron chi connectivity index (χ2n) is 5.70. The molecular formula is C20H16N2O3. The molecular weight excluding hydrogens is 316 g/mol. The number of ether oxygens (including phenoxy) is 2. The van der Waals surface area contributed by atoms with Crippen molar-refractivity contribution < 1.29 is 14.3 Å². The molecule has 0 amide bonds. The average molecular weight is 332 g/mol. The van der Waals surface area contributed by atoms with Gasteiger partial charge in [-0.25, -0.2) is 4.79 Å². The highest BCUT2D eigenvalue weighted by atomic mass is 16.6. The number of nitriles is 1. The summed E-state index contributed by atoms with van der Waals surface area (Å²) in [6, 6.07) is 14.1. The molecule has 1 heterocycles. The molecule has 0 spiro atoms. The number of aryl methyl sites for hydroxylation is 2. The predicted molar refractivity (Wildman–Crippen MR) is 93.9 cm³/mol. The van der Waals surface area contributed by atoms with Gasteiger partial charge in [-0.05, 0) is 44.2 Å². The molecule has 5 heteroatoms. The number of carbonyl (C=O) groups excluding carboxylic acids is 1. The number of nitrogens with zero attached hydrogens (tertiary/aromatic N) is 2. The van der Waals surface area contributed by atoms with Crippen LogP contribution in [0.25, 0.3) is 10.9 Å². The van der Waals surface area contributed by atoms with Crippen LogP contribution in [0.15, 0.2) is 42.5 Å². The summed E-state index contributed by atoms with van der Waals surface area (Å²) in [5.74, 6) is 0.101. The van der Waals surface area contributed by atoms with Crippen LogP contribution in [0, 0.1) is 25.2 Å². The third-order valence-corrected chi connectivity index (χ3v) is 3.81. The highest BCUT2D eigenvalue weighted by Crippen LogP contribution is 2.29. The minimum absolute atomic E-state index is 0.266. The van der Waals surface area contributed by atoms with Crippen LogP contribution < -0.4 is 9.47 Å². The Morgan fingerprint density at radius 1 is 1.08 bits per heavy atom. The van der Waals surface area contributed by atoms with Crippen molar-refractivity contribution in [1.82, 2.24) is 4.98 Å². The smallest absolute Gasteiger partial charge is 0.344 e. The lowest BCUT2D eigenvalue weighted by atomic mass is 10.1. The van der Waals surface area contributed by atoms with Crippen molar-refractivity contribution in [3.63, 3.8) is 0 Å². The monoisotopic (exact) mass is 332 g/mol. The van der Waals surface area contributed by atoms with Gasteiger partial charge in [0.2, 0.25) is 0 Å². The van der Waals surface area contributed by atoms with E-state index in [-0.39, 0.29) is 5.75 Å². The standard InChI is InChI=1S/C20H16N2O3/c1-12-4-6-17-15(8-12)16(9-13(2)22-17)20(23)25-18-7-5-14(11-21)10-19(18)24-3/h4-10H,1-3H3. The Balaban J connectivity index is 2.04. The van der Waals surface area contributed by atoms with E-state index in [1.54, 1.807) is 18.2 Å². The first kappa shape index (κ1) is 16.5. The van der Waals surface area contributed by atoms with Gasteiger partial charge in [-0.3, -0.25) is 4.98 Å². The molecule has 0 atom stereocenters. The van der Waals surface area contributed by atoms with Crippen LogP contribution in [0.1, 0.15) is 27.2 Å². The average Bonchev–Trinajstić information content (AvgIpc) is 2.61. The molecule has 1 aromatic heterocycles. The number of carbonyl (C=O) groups is 1. The molecule has 0 saturated heterocycles. The van der Waals surface area contributed by atoms with Gasteiger partial charge in [0.05, 0.1) is 29.8 Å². The predicted octanol–water partition coefficient (Wildman–Crippen LogP) is 3.95. The van der Waals surface area contributed by atoms with E-state index in [1.165, 1.54) is 13.2 Å². The molecule has 0 fully saturated rings. The second-order valence-corrected chi connectivity index (χ2v) is 5.70. The van der Waals surface area contributed by atoms with Crippen LogP contribution >= 0.6 is 0 Å². The molecule has 5 nitrogen and oxygen atoms in total. The van der Waals surface area contributed by atoms with Crippen LogP contribution in [-0.4, -0.2) is 18.1 Å². The summed E-state index contributed by atoms with van der Waals surface area (Å²) in [6.45, 7) is 3.79. The van der Waals surface area contributed by atoms with E-state index in [1.807, 2.05) is 38.1 Å². The normalized spacial score (nSPS) is 10.3. The third-order valence-electron chi connectivity index (χ3n) is 3.81. The van der Waals surface area contributed by atoms with Crippen LogP contribution in [0.3, 0.4) is 0 Å². The minimum atomic E-state index is -0.496. The number of hydrogen-bond donors (Lipinski definition) is 0. The number of methoxy groups -OCH3 is 1. The summed E-state index contributed by atoms with van der Waals surface area (Å²) in [4.78, 5) is 17.2. The molecule has 0 bridgehead atoms. The van der Waals surface area contributed by atoms with E-state index in [4.69, 9.17) is 14.7 Å². The summed E-state index contributed by atoms with van der Waals surface area (Å²) in [5.41, 5.74) is 3.37. The van der Waals surface area contributed by atoms with Crippen LogP contribution in [0.5, 0.6) is 11.5 Å².